The maximum atomic E-state index is 2.00. The van der Waals surface area contributed by atoms with Crippen molar-refractivity contribution in [1.29, 1.82) is 0 Å². The monoisotopic (exact) mass is 127 g/mol. The third-order valence-corrected chi connectivity index (χ3v) is 0. The molecule has 0 aromatic carbocycles. The van der Waals surface area contributed by atoms with Crippen molar-refractivity contribution < 1.29 is 20.4 Å². The summed E-state index contributed by atoms with van der Waals surface area (Å²) in [7, 11) is 0. The molecule has 0 saturated heterocycles. The first-order chi connectivity index (χ1) is 1.00. The van der Waals surface area contributed by atoms with Crippen molar-refractivity contribution in [2.24, 2.45) is 0 Å². The average Bonchev–Trinajstić information content (AvgIpc) is 1.00. The van der Waals surface area contributed by atoms with E-state index in [0.29, 0.717) is 0 Å². The van der Waals surface area contributed by atoms with Gasteiger partial charge in [0.15, 0.2) is 0 Å². The van der Waals surface area contributed by atoms with E-state index in [2.05, 4.69) is 0 Å². The van der Waals surface area contributed by atoms with Gasteiger partial charge in [-0.1, -0.05) is 0 Å². The minimum atomic E-state index is 0. The van der Waals surface area contributed by atoms with Gasteiger partial charge in [0, 0.05) is 39.3 Å². The predicted octanol–water partition coefficient (Wildman–Crippen LogP) is -1.14. The molecular formula is Li3Pd. The van der Waals surface area contributed by atoms with Crippen molar-refractivity contribution in [2.75, 3.05) is 0 Å². The molecular weight excluding hydrogens is 127 g/mol. The fourth-order valence-corrected chi connectivity index (χ4v) is 0. The van der Waals surface area contributed by atoms with Crippen LogP contribution in [0.5, 0.6) is 0 Å². The van der Waals surface area contributed by atoms with E-state index in [1.54, 1.807) is 0 Å². The van der Waals surface area contributed by atoms with Gasteiger partial charge < -0.3 is 0 Å². The van der Waals surface area contributed by atoms with Gasteiger partial charge >= 0.3 is 30.8 Å². The topological polar surface area (TPSA) is 0 Å². The number of rotatable bonds is 0. The van der Waals surface area contributed by atoms with Gasteiger partial charge in [0.05, 0.1) is 0 Å². The Morgan fingerprint density at radius 1 is 1.00 bits per heavy atom. The SMILES string of the molecule is [Li].[Li][Li].[Pd]. The molecule has 0 N–H and O–H groups in total. The van der Waals surface area contributed by atoms with E-state index in [1.165, 1.54) is 0 Å². The van der Waals surface area contributed by atoms with Crippen molar-refractivity contribution in [3.8, 4) is 0 Å². The molecule has 0 aliphatic rings. The quantitative estimate of drug-likeness (QED) is 0.361. The summed E-state index contributed by atoms with van der Waals surface area (Å²) in [4.78, 5) is 0. The van der Waals surface area contributed by atoms with Crippen LogP contribution in [0, 0.1) is 0 Å². The first-order valence-electron chi connectivity index (χ1n) is 1.00. The molecule has 0 amide bonds. The van der Waals surface area contributed by atoms with Gasteiger partial charge in [-0.3, -0.25) is 0 Å². The molecule has 13 valence electrons. The second kappa shape index (κ2) is 18.0. The summed E-state index contributed by atoms with van der Waals surface area (Å²) in [6.45, 7) is 0. The smallest absolute Gasteiger partial charge is 0 e. The fourth-order valence-electron chi connectivity index (χ4n) is 0. The molecule has 0 aromatic heterocycles. The maximum absolute atomic E-state index is 2.00. The molecule has 0 unspecified atom stereocenters. The van der Waals surface area contributed by atoms with Gasteiger partial charge in [0.25, 0.3) is 0 Å². The zero-order valence-electron chi connectivity index (χ0n) is 3.32. The summed E-state index contributed by atoms with van der Waals surface area (Å²) < 4.78 is 0. The Morgan fingerprint density at radius 3 is 1.00 bits per heavy atom. The molecule has 0 heterocycles. The molecule has 0 aliphatic heterocycles. The Labute approximate surface area is 69.1 Å². The molecule has 4 heavy (non-hydrogen) atoms. The van der Waals surface area contributed by atoms with Gasteiger partial charge in [0.1, 0.15) is 0 Å². The fraction of sp³-hybridized carbons (Fsp3) is 0. The Kier molecular flexibility index (Phi) is 72.3. The van der Waals surface area contributed by atoms with Crippen LogP contribution in [-0.2, 0) is 20.4 Å². The molecule has 0 atom stereocenters. The van der Waals surface area contributed by atoms with Crippen molar-refractivity contribution >= 4 is 49.6 Å². The maximum Gasteiger partial charge on any atom is 0 e. The molecule has 0 aliphatic carbocycles. The van der Waals surface area contributed by atoms with E-state index in [4.69, 9.17) is 0 Å². The summed E-state index contributed by atoms with van der Waals surface area (Å²) in [6.07, 6.45) is 0. The molecule has 1 radical (unpaired) electrons. The summed E-state index contributed by atoms with van der Waals surface area (Å²) in [6, 6.07) is 0. The Morgan fingerprint density at radius 2 is 1.00 bits per heavy atom. The predicted molar refractivity (Wildman–Crippen MR) is 17.3 cm³/mol. The summed E-state index contributed by atoms with van der Waals surface area (Å²) in [5.41, 5.74) is 0. The summed E-state index contributed by atoms with van der Waals surface area (Å²) >= 11 is 4.00. The van der Waals surface area contributed by atoms with Crippen LogP contribution >= 0.6 is 0 Å². The molecule has 4 heteroatoms. The van der Waals surface area contributed by atoms with Gasteiger partial charge in [-0.25, -0.2) is 0 Å². The first kappa shape index (κ1) is 16.1. The third kappa shape index (κ3) is 8.82. The molecule has 0 aromatic rings. The molecule has 0 bridgehead atoms. The van der Waals surface area contributed by atoms with Crippen LogP contribution in [0.25, 0.3) is 0 Å². The van der Waals surface area contributed by atoms with E-state index in [0.717, 1.165) is 0 Å². The molecule has 0 nitrogen and oxygen atoms in total. The molecule has 0 spiro atoms. The van der Waals surface area contributed by atoms with Gasteiger partial charge in [-0.15, -0.1) is 0 Å². The number of hydrogen-bond acceptors (Lipinski definition) is 0. The minimum absolute atomic E-state index is 0. The molecule has 0 rings (SSSR count). The van der Waals surface area contributed by atoms with Crippen molar-refractivity contribution in [1.82, 2.24) is 0 Å². The van der Waals surface area contributed by atoms with Crippen LogP contribution in [0.3, 0.4) is 0 Å². The zero-order valence-corrected chi connectivity index (χ0v) is 4.87. The third-order valence-electron chi connectivity index (χ3n) is 0. The van der Waals surface area contributed by atoms with Gasteiger partial charge in [-0.2, -0.15) is 0 Å². The Balaban J connectivity index is -0.00000000500. The van der Waals surface area contributed by atoms with Gasteiger partial charge in [0.2, 0.25) is 0 Å². The van der Waals surface area contributed by atoms with E-state index in [9.17, 15) is 0 Å². The van der Waals surface area contributed by atoms with Crippen LogP contribution in [0.2, 0.25) is 0 Å². The van der Waals surface area contributed by atoms with Gasteiger partial charge in [-0.05, 0) is 0 Å². The second-order valence-electron chi connectivity index (χ2n) is 0. The van der Waals surface area contributed by atoms with Crippen molar-refractivity contribution in [3.63, 3.8) is 0 Å². The van der Waals surface area contributed by atoms with Crippen LogP contribution in [0.1, 0.15) is 0 Å². The minimum Gasteiger partial charge on any atom is 0 e. The van der Waals surface area contributed by atoms with Crippen LogP contribution < -0.4 is 0 Å². The summed E-state index contributed by atoms with van der Waals surface area (Å²) in [5.74, 6) is 0. The second-order valence-corrected chi connectivity index (χ2v) is 0. The van der Waals surface area contributed by atoms with Crippen molar-refractivity contribution in [2.45, 2.75) is 0 Å². The summed E-state index contributed by atoms with van der Waals surface area (Å²) in [5, 5.41) is 0. The largest absolute Gasteiger partial charge is 0 e. The number of hydrogen-bond donors (Lipinski definition) is 0. The van der Waals surface area contributed by atoms with Crippen LogP contribution in [-0.4, -0.2) is 49.6 Å². The standard InChI is InChI=1S/3Li.Pd. The zero-order chi connectivity index (χ0) is 2.00. The molecule has 0 saturated carbocycles. The average molecular weight is 127 g/mol. The Bertz CT molecular complexity index is 3.25. The first-order valence-corrected chi connectivity index (χ1v) is 1.00. The van der Waals surface area contributed by atoms with E-state index in [-0.39, 0.29) is 39.3 Å². The van der Waals surface area contributed by atoms with E-state index >= 15 is 0 Å². The van der Waals surface area contributed by atoms with E-state index < -0.39 is 0 Å². The normalized spacial score (nSPS) is 2.00. The van der Waals surface area contributed by atoms with E-state index in [1.807, 2.05) is 30.8 Å². The van der Waals surface area contributed by atoms with Crippen molar-refractivity contribution in [3.05, 3.63) is 0 Å². The van der Waals surface area contributed by atoms with Crippen LogP contribution in [0.15, 0.2) is 0 Å². The Hall–Kier alpha value is 2.45. The van der Waals surface area contributed by atoms with Crippen LogP contribution in [0.4, 0.5) is 0 Å². The molecule has 0 fully saturated rings.